The topological polar surface area (TPSA) is 93.7 Å². The van der Waals surface area contributed by atoms with Crippen LogP contribution in [0.3, 0.4) is 0 Å². The monoisotopic (exact) mass is 483 g/mol. The van der Waals surface area contributed by atoms with Crippen LogP contribution >= 0.6 is 0 Å². The van der Waals surface area contributed by atoms with Gasteiger partial charge >= 0.3 is 0 Å². The first kappa shape index (κ1) is 23.1. The first-order chi connectivity index (χ1) is 17.5. The Kier molecular flexibility index (Phi) is 6.36. The van der Waals surface area contributed by atoms with Crippen molar-refractivity contribution in [1.29, 1.82) is 0 Å². The molecule has 1 saturated heterocycles. The lowest BCUT2D eigenvalue weighted by molar-refractivity contribution is -0.384. The van der Waals surface area contributed by atoms with Crippen LogP contribution in [0.1, 0.15) is 10.4 Å². The van der Waals surface area contributed by atoms with E-state index in [9.17, 15) is 14.9 Å². The smallest absolute Gasteiger partial charge is 0.292 e. The van der Waals surface area contributed by atoms with Gasteiger partial charge in [-0.15, -0.1) is 0 Å². The van der Waals surface area contributed by atoms with Gasteiger partial charge in [-0.25, -0.2) is 4.68 Å². The van der Waals surface area contributed by atoms with Crippen molar-refractivity contribution in [3.63, 3.8) is 0 Å². The Labute approximate surface area is 208 Å². The highest BCUT2D eigenvalue weighted by molar-refractivity contribution is 6.00. The molecular weight excluding hydrogens is 458 g/mol. The normalized spacial score (nSPS) is 13.5. The number of ether oxygens (including phenoxy) is 1. The standard InChI is InChI=1S/C27H25N5O4/c1-36-22-13-11-20(12-14-22)26-23(19-31(28-26)21-7-3-2-4-8-21)27(33)30-17-15-29(16-18-30)24-9-5-6-10-25(24)32(34)35/h2-14,19H,15-18H2,1H3. The molecule has 182 valence electrons. The van der Waals surface area contributed by atoms with Crippen LogP contribution in [0.4, 0.5) is 11.4 Å². The Hall–Kier alpha value is -4.66. The van der Waals surface area contributed by atoms with E-state index in [1.807, 2.05) is 59.5 Å². The van der Waals surface area contributed by atoms with Crippen molar-refractivity contribution in [3.05, 3.63) is 101 Å². The molecule has 1 aliphatic rings. The minimum atomic E-state index is -0.369. The van der Waals surface area contributed by atoms with E-state index in [-0.39, 0.29) is 16.5 Å². The van der Waals surface area contributed by atoms with Gasteiger partial charge in [-0.05, 0) is 42.5 Å². The van der Waals surface area contributed by atoms with Gasteiger partial charge in [0.1, 0.15) is 17.1 Å². The first-order valence-corrected chi connectivity index (χ1v) is 11.6. The second kappa shape index (κ2) is 9.91. The number of hydrogen-bond donors (Lipinski definition) is 0. The van der Waals surface area contributed by atoms with Gasteiger partial charge in [0.2, 0.25) is 0 Å². The number of rotatable bonds is 6. The van der Waals surface area contributed by atoms with Crippen molar-refractivity contribution in [2.24, 2.45) is 0 Å². The summed E-state index contributed by atoms with van der Waals surface area (Å²) < 4.78 is 6.99. The molecule has 5 rings (SSSR count). The number of nitrogens with zero attached hydrogens (tertiary/aromatic N) is 5. The molecule has 0 radical (unpaired) electrons. The Morgan fingerprint density at radius 3 is 2.25 bits per heavy atom. The van der Waals surface area contributed by atoms with Gasteiger partial charge in [0.15, 0.2) is 0 Å². The van der Waals surface area contributed by atoms with E-state index in [1.165, 1.54) is 6.07 Å². The molecule has 0 atom stereocenters. The van der Waals surface area contributed by atoms with Crippen molar-refractivity contribution in [2.45, 2.75) is 0 Å². The molecule has 1 aliphatic heterocycles. The number of para-hydroxylation sites is 3. The second-order valence-corrected chi connectivity index (χ2v) is 8.43. The minimum absolute atomic E-state index is 0.0724. The molecule has 9 nitrogen and oxygen atoms in total. The van der Waals surface area contributed by atoms with Crippen LogP contribution in [0.25, 0.3) is 16.9 Å². The van der Waals surface area contributed by atoms with Gasteiger partial charge < -0.3 is 14.5 Å². The van der Waals surface area contributed by atoms with Crippen LogP contribution in [-0.2, 0) is 0 Å². The van der Waals surface area contributed by atoms with E-state index in [1.54, 1.807) is 41.1 Å². The van der Waals surface area contributed by atoms with E-state index in [0.29, 0.717) is 43.1 Å². The number of benzene rings is 3. The number of amides is 1. The molecule has 1 amide bonds. The van der Waals surface area contributed by atoms with E-state index < -0.39 is 0 Å². The predicted molar refractivity (Wildman–Crippen MR) is 137 cm³/mol. The van der Waals surface area contributed by atoms with Crippen molar-refractivity contribution in [2.75, 3.05) is 38.2 Å². The Morgan fingerprint density at radius 2 is 1.58 bits per heavy atom. The molecule has 2 heterocycles. The van der Waals surface area contributed by atoms with Crippen LogP contribution in [-0.4, -0.2) is 58.8 Å². The van der Waals surface area contributed by atoms with Gasteiger partial charge in [0, 0.05) is 44.0 Å². The number of carbonyl (C=O) groups excluding carboxylic acids is 1. The third kappa shape index (κ3) is 4.50. The number of piperazine rings is 1. The summed E-state index contributed by atoms with van der Waals surface area (Å²) in [5.74, 6) is 0.602. The molecule has 1 aromatic heterocycles. The molecule has 0 unspecified atom stereocenters. The Balaban J connectivity index is 1.42. The van der Waals surface area contributed by atoms with E-state index >= 15 is 0 Å². The molecule has 36 heavy (non-hydrogen) atoms. The predicted octanol–water partition coefficient (Wildman–Crippen LogP) is 4.42. The van der Waals surface area contributed by atoms with E-state index in [0.717, 1.165) is 17.0 Å². The molecule has 3 aromatic carbocycles. The number of nitro groups is 1. The fraction of sp³-hybridized carbons (Fsp3) is 0.185. The van der Waals surface area contributed by atoms with Gasteiger partial charge in [-0.1, -0.05) is 30.3 Å². The van der Waals surface area contributed by atoms with Crippen molar-refractivity contribution >= 4 is 17.3 Å². The highest BCUT2D eigenvalue weighted by atomic mass is 16.6. The van der Waals surface area contributed by atoms with Gasteiger partial charge in [0.05, 0.1) is 23.3 Å². The van der Waals surface area contributed by atoms with Gasteiger partial charge in [0.25, 0.3) is 11.6 Å². The summed E-state index contributed by atoms with van der Waals surface area (Å²) in [4.78, 5) is 28.5. The summed E-state index contributed by atoms with van der Waals surface area (Å²) in [6.07, 6.45) is 1.77. The molecule has 4 aromatic rings. The average Bonchev–Trinajstić information content (AvgIpc) is 3.39. The lowest BCUT2D eigenvalue weighted by Crippen LogP contribution is -2.49. The second-order valence-electron chi connectivity index (χ2n) is 8.43. The zero-order valence-corrected chi connectivity index (χ0v) is 19.8. The highest BCUT2D eigenvalue weighted by Crippen LogP contribution is 2.30. The van der Waals surface area contributed by atoms with Crippen molar-refractivity contribution < 1.29 is 14.5 Å². The van der Waals surface area contributed by atoms with Crippen LogP contribution in [0.15, 0.2) is 85.1 Å². The molecule has 1 fully saturated rings. The first-order valence-electron chi connectivity index (χ1n) is 11.6. The van der Waals surface area contributed by atoms with Crippen LogP contribution in [0.2, 0.25) is 0 Å². The molecule has 0 N–H and O–H groups in total. The number of methoxy groups -OCH3 is 1. The average molecular weight is 484 g/mol. The largest absolute Gasteiger partial charge is 0.497 e. The zero-order valence-electron chi connectivity index (χ0n) is 19.8. The maximum Gasteiger partial charge on any atom is 0.292 e. The zero-order chi connectivity index (χ0) is 25.1. The SMILES string of the molecule is COc1ccc(-c2nn(-c3ccccc3)cc2C(=O)N2CCN(c3ccccc3[N+](=O)[O-])CC2)cc1. The number of aromatic nitrogens is 2. The van der Waals surface area contributed by atoms with Gasteiger partial charge in [-0.3, -0.25) is 14.9 Å². The van der Waals surface area contributed by atoms with Crippen LogP contribution in [0, 0.1) is 10.1 Å². The maximum absolute atomic E-state index is 13.7. The summed E-state index contributed by atoms with van der Waals surface area (Å²) in [7, 11) is 1.61. The summed E-state index contributed by atoms with van der Waals surface area (Å²) >= 11 is 0. The van der Waals surface area contributed by atoms with Crippen molar-refractivity contribution in [3.8, 4) is 22.7 Å². The van der Waals surface area contributed by atoms with Crippen LogP contribution < -0.4 is 9.64 Å². The molecular formula is C27H25N5O4. The fourth-order valence-electron chi connectivity index (χ4n) is 4.41. The Bertz CT molecular complexity index is 1380. The van der Waals surface area contributed by atoms with E-state index in [2.05, 4.69) is 0 Å². The number of anilines is 1. The third-order valence-electron chi connectivity index (χ3n) is 6.31. The highest BCUT2D eigenvalue weighted by Gasteiger charge is 2.28. The van der Waals surface area contributed by atoms with E-state index in [4.69, 9.17) is 9.84 Å². The minimum Gasteiger partial charge on any atom is -0.497 e. The number of carbonyl (C=O) groups is 1. The quantitative estimate of drug-likeness (QED) is 0.298. The molecule has 0 saturated carbocycles. The molecule has 9 heteroatoms. The summed E-state index contributed by atoms with van der Waals surface area (Å²) in [6.45, 7) is 1.90. The van der Waals surface area contributed by atoms with Crippen LogP contribution in [0.5, 0.6) is 5.75 Å². The van der Waals surface area contributed by atoms with Gasteiger partial charge in [-0.2, -0.15) is 5.10 Å². The third-order valence-corrected chi connectivity index (χ3v) is 6.31. The number of hydrogen-bond acceptors (Lipinski definition) is 6. The Morgan fingerprint density at radius 1 is 0.917 bits per heavy atom. The summed E-state index contributed by atoms with van der Waals surface area (Å²) in [5, 5.41) is 16.2. The maximum atomic E-state index is 13.7. The van der Waals surface area contributed by atoms with Crippen molar-refractivity contribution in [1.82, 2.24) is 14.7 Å². The molecule has 0 spiro atoms. The summed E-state index contributed by atoms with van der Waals surface area (Å²) in [5.41, 5.74) is 3.41. The fourth-order valence-corrected chi connectivity index (χ4v) is 4.41. The summed E-state index contributed by atoms with van der Waals surface area (Å²) in [6, 6.07) is 23.8. The molecule has 0 bridgehead atoms. The number of nitro benzene ring substituents is 1. The molecule has 0 aliphatic carbocycles. The lowest BCUT2D eigenvalue weighted by atomic mass is 10.1. The lowest BCUT2D eigenvalue weighted by Gasteiger charge is -2.35.